The standard InChI is InChI=1S/C12H8Cl2N2O/c13-8-3-4-10(11(14)6-8)12(17)16-9-2-1-5-15-7-9/h1-7H,(H,16,17). The summed E-state index contributed by atoms with van der Waals surface area (Å²) in [6.45, 7) is 0. The first-order valence-electron chi connectivity index (χ1n) is 4.83. The van der Waals surface area contributed by atoms with E-state index < -0.39 is 0 Å². The predicted molar refractivity (Wildman–Crippen MR) is 68.7 cm³/mol. The molecule has 1 amide bonds. The summed E-state index contributed by atoms with van der Waals surface area (Å²) in [4.78, 5) is 15.8. The Morgan fingerprint density at radius 1 is 1.24 bits per heavy atom. The first-order valence-corrected chi connectivity index (χ1v) is 5.59. The molecule has 1 N–H and O–H groups in total. The molecular weight excluding hydrogens is 259 g/mol. The number of nitrogens with one attached hydrogen (secondary N) is 1. The molecule has 0 radical (unpaired) electrons. The van der Waals surface area contributed by atoms with Crippen molar-refractivity contribution in [2.45, 2.75) is 0 Å². The molecule has 5 heteroatoms. The van der Waals surface area contributed by atoms with Gasteiger partial charge in [0, 0.05) is 11.2 Å². The molecule has 1 aromatic carbocycles. The number of benzene rings is 1. The highest BCUT2D eigenvalue weighted by molar-refractivity contribution is 6.37. The lowest BCUT2D eigenvalue weighted by Gasteiger charge is -2.06. The largest absolute Gasteiger partial charge is 0.321 e. The molecule has 0 aliphatic carbocycles. The van der Waals surface area contributed by atoms with Gasteiger partial charge in [0.2, 0.25) is 0 Å². The van der Waals surface area contributed by atoms with Gasteiger partial charge in [-0.05, 0) is 30.3 Å². The Kier molecular flexibility index (Phi) is 3.61. The van der Waals surface area contributed by atoms with Gasteiger partial charge in [-0.3, -0.25) is 9.78 Å². The van der Waals surface area contributed by atoms with Crippen LogP contribution < -0.4 is 5.32 Å². The Bertz CT molecular complexity index is 543. The van der Waals surface area contributed by atoms with Crippen LogP contribution in [0, 0.1) is 0 Å². The van der Waals surface area contributed by atoms with Crippen molar-refractivity contribution < 1.29 is 4.79 Å². The summed E-state index contributed by atoms with van der Waals surface area (Å²) in [5, 5.41) is 3.50. The molecule has 0 aliphatic heterocycles. The van der Waals surface area contributed by atoms with E-state index in [0.29, 0.717) is 21.3 Å². The second-order valence-corrected chi connectivity index (χ2v) is 4.16. The minimum Gasteiger partial charge on any atom is -0.321 e. The molecule has 17 heavy (non-hydrogen) atoms. The Morgan fingerprint density at radius 2 is 2.06 bits per heavy atom. The second-order valence-electron chi connectivity index (χ2n) is 3.32. The van der Waals surface area contributed by atoms with Crippen LogP contribution in [-0.4, -0.2) is 10.9 Å². The number of rotatable bonds is 2. The smallest absolute Gasteiger partial charge is 0.257 e. The summed E-state index contributed by atoms with van der Waals surface area (Å²) in [6.07, 6.45) is 3.19. The fourth-order valence-corrected chi connectivity index (χ4v) is 1.80. The van der Waals surface area contributed by atoms with E-state index in [2.05, 4.69) is 10.3 Å². The van der Waals surface area contributed by atoms with Gasteiger partial charge in [-0.15, -0.1) is 0 Å². The van der Waals surface area contributed by atoms with Crippen LogP contribution in [0.1, 0.15) is 10.4 Å². The van der Waals surface area contributed by atoms with Crippen LogP contribution in [0.25, 0.3) is 0 Å². The molecule has 1 heterocycles. The average molecular weight is 267 g/mol. The Balaban J connectivity index is 2.21. The number of pyridine rings is 1. The number of hydrogen-bond acceptors (Lipinski definition) is 2. The van der Waals surface area contributed by atoms with Crippen molar-refractivity contribution in [2.75, 3.05) is 5.32 Å². The number of amides is 1. The van der Waals surface area contributed by atoms with E-state index in [9.17, 15) is 4.79 Å². The normalized spacial score (nSPS) is 10.0. The lowest BCUT2D eigenvalue weighted by atomic mass is 10.2. The van der Waals surface area contributed by atoms with Crippen LogP contribution >= 0.6 is 23.2 Å². The van der Waals surface area contributed by atoms with Gasteiger partial charge in [0.15, 0.2) is 0 Å². The zero-order valence-corrected chi connectivity index (χ0v) is 10.2. The zero-order chi connectivity index (χ0) is 12.3. The highest BCUT2D eigenvalue weighted by Crippen LogP contribution is 2.21. The molecular formula is C12H8Cl2N2O. The summed E-state index contributed by atoms with van der Waals surface area (Å²) in [6, 6.07) is 8.21. The van der Waals surface area contributed by atoms with Gasteiger partial charge < -0.3 is 5.32 Å². The van der Waals surface area contributed by atoms with Gasteiger partial charge in [-0.1, -0.05) is 23.2 Å². The Morgan fingerprint density at radius 3 is 2.71 bits per heavy atom. The Hall–Kier alpha value is -1.58. The monoisotopic (exact) mass is 266 g/mol. The maximum Gasteiger partial charge on any atom is 0.257 e. The summed E-state index contributed by atoms with van der Waals surface area (Å²) in [7, 11) is 0. The van der Waals surface area contributed by atoms with Gasteiger partial charge in [0.05, 0.1) is 22.5 Å². The van der Waals surface area contributed by atoms with Crippen molar-refractivity contribution in [3.63, 3.8) is 0 Å². The van der Waals surface area contributed by atoms with E-state index >= 15 is 0 Å². The van der Waals surface area contributed by atoms with E-state index in [4.69, 9.17) is 23.2 Å². The van der Waals surface area contributed by atoms with Crippen LogP contribution in [0.4, 0.5) is 5.69 Å². The van der Waals surface area contributed by atoms with Crippen molar-refractivity contribution in [3.8, 4) is 0 Å². The highest BCUT2D eigenvalue weighted by atomic mass is 35.5. The highest BCUT2D eigenvalue weighted by Gasteiger charge is 2.10. The summed E-state index contributed by atoms with van der Waals surface area (Å²) >= 11 is 11.7. The van der Waals surface area contributed by atoms with Crippen molar-refractivity contribution in [1.29, 1.82) is 0 Å². The number of carbonyl (C=O) groups is 1. The number of aromatic nitrogens is 1. The number of halogens is 2. The van der Waals surface area contributed by atoms with Gasteiger partial charge in [0.1, 0.15) is 0 Å². The Labute approximate surface area is 108 Å². The number of nitrogens with zero attached hydrogens (tertiary/aromatic N) is 1. The fraction of sp³-hybridized carbons (Fsp3) is 0. The summed E-state index contributed by atoms with van der Waals surface area (Å²) < 4.78 is 0. The molecule has 0 bridgehead atoms. The maximum atomic E-state index is 11.9. The van der Waals surface area contributed by atoms with E-state index in [1.165, 1.54) is 6.07 Å². The number of anilines is 1. The third-order valence-electron chi connectivity index (χ3n) is 2.10. The van der Waals surface area contributed by atoms with E-state index in [1.54, 1.807) is 36.7 Å². The van der Waals surface area contributed by atoms with Gasteiger partial charge in [-0.2, -0.15) is 0 Å². The van der Waals surface area contributed by atoms with Crippen LogP contribution in [-0.2, 0) is 0 Å². The second kappa shape index (κ2) is 5.17. The molecule has 0 unspecified atom stereocenters. The third kappa shape index (κ3) is 2.96. The zero-order valence-electron chi connectivity index (χ0n) is 8.65. The van der Waals surface area contributed by atoms with E-state index in [-0.39, 0.29) is 5.91 Å². The topological polar surface area (TPSA) is 42.0 Å². The number of hydrogen-bond donors (Lipinski definition) is 1. The van der Waals surface area contributed by atoms with E-state index in [1.807, 2.05) is 0 Å². The maximum absolute atomic E-state index is 11.9. The first-order chi connectivity index (χ1) is 8.16. The molecule has 0 aliphatic rings. The van der Waals surface area contributed by atoms with Crippen molar-refractivity contribution in [1.82, 2.24) is 4.98 Å². The average Bonchev–Trinajstić information content (AvgIpc) is 2.30. The SMILES string of the molecule is O=C(Nc1cccnc1)c1ccc(Cl)cc1Cl. The van der Waals surface area contributed by atoms with Crippen molar-refractivity contribution in [3.05, 3.63) is 58.3 Å². The number of carbonyl (C=O) groups excluding carboxylic acids is 1. The molecule has 2 aromatic rings. The minimum absolute atomic E-state index is 0.292. The van der Waals surface area contributed by atoms with Crippen molar-refractivity contribution in [2.24, 2.45) is 0 Å². The molecule has 0 spiro atoms. The molecule has 0 atom stereocenters. The van der Waals surface area contributed by atoms with Gasteiger partial charge in [-0.25, -0.2) is 0 Å². The van der Waals surface area contributed by atoms with Crippen LogP contribution in [0.15, 0.2) is 42.7 Å². The minimum atomic E-state index is -0.292. The molecule has 86 valence electrons. The van der Waals surface area contributed by atoms with Crippen LogP contribution in [0.2, 0.25) is 10.0 Å². The van der Waals surface area contributed by atoms with Crippen LogP contribution in [0.3, 0.4) is 0 Å². The molecule has 3 nitrogen and oxygen atoms in total. The lowest BCUT2D eigenvalue weighted by Crippen LogP contribution is -2.12. The summed E-state index contributed by atoms with van der Waals surface area (Å²) in [5.74, 6) is -0.292. The summed E-state index contributed by atoms with van der Waals surface area (Å²) in [5.41, 5.74) is 0.989. The van der Waals surface area contributed by atoms with Gasteiger partial charge in [0.25, 0.3) is 5.91 Å². The van der Waals surface area contributed by atoms with Gasteiger partial charge >= 0.3 is 0 Å². The quantitative estimate of drug-likeness (QED) is 0.902. The molecule has 1 aromatic heterocycles. The van der Waals surface area contributed by atoms with Crippen molar-refractivity contribution >= 4 is 34.8 Å². The lowest BCUT2D eigenvalue weighted by molar-refractivity contribution is 0.102. The molecule has 0 fully saturated rings. The fourth-order valence-electron chi connectivity index (χ4n) is 1.31. The van der Waals surface area contributed by atoms with E-state index in [0.717, 1.165) is 0 Å². The first kappa shape index (κ1) is 11.9. The molecule has 0 saturated carbocycles. The molecule has 2 rings (SSSR count). The molecule has 0 saturated heterocycles. The van der Waals surface area contributed by atoms with Crippen LogP contribution in [0.5, 0.6) is 0 Å². The predicted octanol–water partition coefficient (Wildman–Crippen LogP) is 3.64. The third-order valence-corrected chi connectivity index (χ3v) is 2.64.